The van der Waals surface area contributed by atoms with Gasteiger partial charge in [-0.3, -0.25) is 9.78 Å². The summed E-state index contributed by atoms with van der Waals surface area (Å²) in [6, 6.07) is 12.0. The number of carbonyl (C=O) groups excluding carboxylic acids is 1. The van der Waals surface area contributed by atoms with E-state index >= 15 is 0 Å². The lowest BCUT2D eigenvalue weighted by molar-refractivity contribution is -0.140. The molecule has 8 heteroatoms. The van der Waals surface area contributed by atoms with E-state index < -0.39 is 0 Å². The van der Waals surface area contributed by atoms with Crippen LogP contribution in [-0.2, 0) is 9.53 Å². The van der Waals surface area contributed by atoms with Crippen molar-refractivity contribution in [1.29, 1.82) is 0 Å². The highest BCUT2D eigenvalue weighted by Gasteiger charge is 2.41. The summed E-state index contributed by atoms with van der Waals surface area (Å²) in [5.74, 6) is 0.716. The molecular formula is C25H29N5O2S. The lowest BCUT2D eigenvalue weighted by atomic mass is 9.96. The smallest absolute Gasteiger partial charge is 0.305 e. The number of esters is 1. The number of hydrogen-bond acceptors (Lipinski definition) is 5. The van der Waals surface area contributed by atoms with Crippen molar-refractivity contribution in [1.82, 2.24) is 24.8 Å². The Bertz CT molecular complexity index is 1160. The van der Waals surface area contributed by atoms with Crippen LogP contribution in [0.15, 0.2) is 48.8 Å². The molecule has 0 spiro atoms. The third-order valence-electron chi connectivity index (χ3n) is 6.19. The molecule has 0 saturated carbocycles. The maximum Gasteiger partial charge on any atom is 0.305 e. The van der Waals surface area contributed by atoms with Crippen LogP contribution in [0.25, 0.3) is 5.82 Å². The number of hydrogen-bond donors (Lipinski definition) is 1. The minimum atomic E-state index is -0.213. The molecule has 33 heavy (non-hydrogen) atoms. The number of rotatable bonds is 7. The van der Waals surface area contributed by atoms with Gasteiger partial charge in [0.2, 0.25) is 0 Å². The number of methoxy groups -OCH3 is 1. The predicted molar refractivity (Wildman–Crippen MR) is 131 cm³/mol. The molecule has 0 bridgehead atoms. The van der Waals surface area contributed by atoms with E-state index in [-0.39, 0.29) is 18.1 Å². The summed E-state index contributed by atoms with van der Waals surface area (Å²) in [6.45, 7) is 6.94. The monoisotopic (exact) mass is 463 g/mol. The minimum Gasteiger partial charge on any atom is -0.469 e. The van der Waals surface area contributed by atoms with Gasteiger partial charge in [-0.2, -0.15) is 0 Å². The van der Waals surface area contributed by atoms with Crippen LogP contribution in [0.1, 0.15) is 53.1 Å². The van der Waals surface area contributed by atoms with Gasteiger partial charge in [0.05, 0.1) is 24.9 Å². The average Bonchev–Trinajstić information content (AvgIpc) is 3.30. The molecule has 0 radical (unpaired) electrons. The second kappa shape index (κ2) is 9.70. The highest BCUT2D eigenvalue weighted by molar-refractivity contribution is 7.80. The zero-order valence-corrected chi connectivity index (χ0v) is 20.2. The van der Waals surface area contributed by atoms with E-state index in [1.165, 1.54) is 12.7 Å². The average molecular weight is 464 g/mol. The fourth-order valence-electron chi connectivity index (χ4n) is 4.61. The van der Waals surface area contributed by atoms with Gasteiger partial charge in [0.1, 0.15) is 5.82 Å². The van der Waals surface area contributed by atoms with E-state index in [2.05, 4.69) is 57.7 Å². The van der Waals surface area contributed by atoms with Gasteiger partial charge in [0.15, 0.2) is 5.11 Å². The molecule has 1 N–H and O–H groups in total. The van der Waals surface area contributed by atoms with Crippen molar-refractivity contribution in [2.24, 2.45) is 0 Å². The van der Waals surface area contributed by atoms with Crippen molar-refractivity contribution in [3.05, 3.63) is 77.0 Å². The first kappa shape index (κ1) is 22.9. The van der Waals surface area contributed by atoms with Gasteiger partial charge in [-0.25, -0.2) is 4.98 Å². The molecule has 7 nitrogen and oxygen atoms in total. The Morgan fingerprint density at radius 1 is 1.15 bits per heavy atom. The lowest BCUT2D eigenvalue weighted by Gasteiger charge is -2.28. The molecule has 4 rings (SSSR count). The van der Waals surface area contributed by atoms with Gasteiger partial charge >= 0.3 is 5.97 Å². The van der Waals surface area contributed by atoms with Gasteiger partial charge in [-0.1, -0.05) is 12.1 Å². The van der Waals surface area contributed by atoms with Crippen LogP contribution >= 0.6 is 12.2 Å². The van der Waals surface area contributed by atoms with Crippen LogP contribution in [0.2, 0.25) is 0 Å². The highest BCUT2D eigenvalue weighted by atomic mass is 32.1. The van der Waals surface area contributed by atoms with Crippen molar-refractivity contribution in [2.75, 3.05) is 13.7 Å². The van der Waals surface area contributed by atoms with Crippen LogP contribution < -0.4 is 5.32 Å². The first-order valence-corrected chi connectivity index (χ1v) is 11.5. The largest absolute Gasteiger partial charge is 0.469 e. The number of aryl methyl sites for hydroxylation is 2. The maximum atomic E-state index is 11.7. The number of carbonyl (C=O) groups is 1. The molecule has 172 valence electrons. The molecule has 0 unspecified atom stereocenters. The molecular weight excluding hydrogens is 434 g/mol. The Morgan fingerprint density at radius 2 is 1.94 bits per heavy atom. The number of thiocarbonyl (C=S) groups is 1. The molecule has 1 saturated heterocycles. The Labute approximate surface area is 199 Å². The van der Waals surface area contributed by atoms with Crippen LogP contribution in [0, 0.1) is 20.8 Å². The Kier molecular flexibility index (Phi) is 6.74. The maximum absolute atomic E-state index is 11.7. The van der Waals surface area contributed by atoms with Crippen molar-refractivity contribution >= 4 is 23.3 Å². The van der Waals surface area contributed by atoms with Crippen LogP contribution in [-0.4, -0.2) is 44.2 Å². The summed E-state index contributed by atoms with van der Waals surface area (Å²) in [6.07, 6.45) is 4.63. The number of nitrogens with one attached hydrogen (secondary N) is 1. The number of aromatic nitrogens is 3. The fraction of sp³-hybridized carbons (Fsp3) is 0.360. The van der Waals surface area contributed by atoms with E-state index in [1.807, 2.05) is 30.5 Å². The molecule has 0 aromatic carbocycles. The standard InChI is InChI=1S/C25H29N5O2S/c1-16-9-7-13-27-24(16)30-17(2)15-19(18(30)3)23-22(20-10-5-6-12-26-20)28-25(33)29(23)14-8-11-21(31)32-4/h5-7,9-10,12-13,15,22-23H,8,11,14H2,1-4H3,(H,28,33)/t22-,23-/m0/s1. The molecule has 3 aromatic rings. The zero-order chi connectivity index (χ0) is 23.5. The van der Waals surface area contributed by atoms with Gasteiger partial charge in [0.25, 0.3) is 0 Å². The molecule has 0 aliphatic carbocycles. The summed E-state index contributed by atoms with van der Waals surface area (Å²) in [5, 5.41) is 4.15. The highest BCUT2D eigenvalue weighted by Crippen LogP contribution is 2.41. The molecule has 4 heterocycles. The summed E-state index contributed by atoms with van der Waals surface area (Å²) >= 11 is 5.75. The minimum absolute atomic E-state index is 0.0611. The Morgan fingerprint density at radius 3 is 2.64 bits per heavy atom. The SMILES string of the molecule is COC(=O)CCCN1C(=S)N[C@@H](c2ccccn2)[C@@H]1c1cc(C)n(-c2ncccc2C)c1C. The number of nitrogens with zero attached hydrogens (tertiary/aromatic N) is 4. The Balaban J connectivity index is 1.76. The summed E-state index contributed by atoms with van der Waals surface area (Å²) in [7, 11) is 1.42. The van der Waals surface area contributed by atoms with E-state index in [4.69, 9.17) is 17.0 Å². The summed E-state index contributed by atoms with van der Waals surface area (Å²) in [5.41, 5.74) is 5.43. The first-order chi connectivity index (χ1) is 15.9. The van der Waals surface area contributed by atoms with Crippen LogP contribution in [0.4, 0.5) is 0 Å². The van der Waals surface area contributed by atoms with Crippen molar-refractivity contribution in [3.63, 3.8) is 0 Å². The van der Waals surface area contributed by atoms with Crippen LogP contribution in [0.3, 0.4) is 0 Å². The number of pyridine rings is 2. The van der Waals surface area contributed by atoms with Crippen molar-refractivity contribution in [3.8, 4) is 5.82 Å². The van der Waals surface area contributed by atoms with Gasteiger partial charge in [0, 0.05) is 36.7 Å². The van der Waals surface area contributed by atoms with E-state index in [0.717, 1.165) is 28.5 Å². The van der Waals surface area contributed by atoms with Gasteiger partial charge < -0.3 is 19.5 Å². The van der Waals surface area contributed by atoms with Crippen LogP contribution in [0.5, 0.6) is 0 Å². The lowest BCUT2D eigenvalue weighted by Crippen LogP contribution is -2.31. The quantitative estimate of drug-likeness (QED) is 0.417. The second-order valence-corrected chi connectivity index (χ2v) is 8.69. The van der Waals surface area contributed by atoms with Crippen molar-refractivity contribution in [2.45, 2.75) is 45.7 Å². The zero-order valence-electron chi connectivity index (χ0n) is 19.4. The topological polar surface area (TPSA) is 72.3 Å². The summed E-state index contributed by atoms with van der Waals surface area (Å²) in [4.78, 5) is 23.1. The molecule has 1 aliphatic rings. The van der Waals surface area contributed by atoms with Gasteiger partial charge in [-0.15, -0.1) is 0 Å². The summed E-state index contributed by atoms with van der Waals surface area (Å²) < 4.78 is 7.02. The van der Waals surface area contributed by atoms with Gasteiger partial charge in [-0.05, 0) is 74.8 Å². The number of ether oxygens (including phenoxy) is 1. The fourth-order valence-corrected chi connectivity index (χ4v) is 4.94. The second-order valence-electron chi connectivity index (χ2n) is 8.31. The van der Waals surface area contributed by atoms with Crippen molar-refractivity contribution < 1.29 is 9.53 Å². The first-order valence-electron chi connectivity index (χ1n) is 11.1. The van der Waals surface area contributed by atoms with E-state index in [9.17, 15) is 4.79 Å². The third kappa shape index (κ3) is 4.48. The molecule has 1 fully saturated rings. The molecule has 1 aliphatic heterocycles. The third-order valence-corrected chi connectivity index (χ3v) is 6.54. The predicted octanol–water partition coefficient (Wildman–Crippen LogP) is 4.12. The molecule has 2 atom stereocenters. The normalized spacial score (nSPS) is 17.8. The van der Waals surface area contributed by atoms with E-state index in [1.54, 1.807) is 6.20 Å². The Hall–Kier alpha value is -3.26. The molecule has 3 aromatic heterocycles. The molecule has 0 amide bonds. The van der Waals surface area contributed by atoms with E-state index in [0.29, 0.717) is 24.5 Å².